The maximum absolute atomic E-state index is 14.8. The van der Waals surface area contributed by atoms with Crippen LogP contribution in [0.5, 0.6) is 5.75 Å². The Labute approximate surface area is 258 Å². The molecule has 0 fully saturated rings. The molecule has 0 aliphatic carbocycles. The second-order valence-corrected chi connectivity index (χ2v) is 10.5. The lowest BCUT2D eigenvalue weighted by Gasteiger charge is -2.18. The van der Waals surface area contributed by atoms with Gasteiger partial charge in [-0.2, -0.15) is 22.0 Å². The van der Waals surface area contributed by atoms with Crippen LogP contribution in [0.2, 0.25) is 0 Å². The van der Waals surface area contributed by atoms with Crippen LogP contribution < -0.4 is 16.2 Å². The molecule has 0 unspecified atom stereocenters. The molecular formula is C35H32F5N2O3. The van der Waals surface area contributed by atoms with Gasteiger partial charge >= 0.3 is 18.3 Å². The number of ether oxygens (including phenoxy) is 2. The van der Waals surface area contributed by atoms with Crippen molar-refractivity contribution in [3.63, 3.8) is 0 Å². The third kappa shape index (κ3) is 9.82. The molecule has 45 heavy (non-hydrogen) atoms. The van der Waals surface area contributed by atoms with Crippen molar-refractivity contribution in [2.45, 2.75) is 44.6 Å². The minimum absolute atomic E-state index is 0.0237. The molecule has 0 spiro atoms. The number of nitrogen functional groups attached to an aromatic ring is 2. The van der Waals surface area contributed by atoms with E-state index in [1.807, 2.05) is 12.1 Å². The Balaban J connectivity index is 1.31. The monoisotopic (exact) mass is 623 g/mol. The molecule has 4 aromatic rings. The second kappa shape index (κ2) is 14.3. The molecule has 0 atom stereocenters. The van der Waals surface area contributed by atoms with Crippen LogP contribution in [0.4, 0.5) is 33.3 Å². The largest absolute Gasteiger partial charge is 0.458 e. The van der Waals surface area contributed by atoms with Gasteiger partial charge in [-0.1, -0.05) is 36.4 Å². The maximum atomic E-state index is 14.8. The highest BCUT2D eigenvalue weighted by molar-refractivity contribution is 5.87. The molecule has 0 amide bonds. The van der Waals surface area contributed by atoms with Gasteiger partial charge in [0.15, 0.2) is 0 Å². The average molecular weight is 624 g/mol. The number of anilines is 2. The number of carbonyl (C=O) groups is 1. The smallest absolute Gasteiger partial charge is 0.426 e. The number of esters is 1. The summed E-state index contributed by atoms with van der Waals surface area (Å²) in [5, 5.41) is 0. The fourth-order valence-corrected chi connectivity index (χ4v) is 4.61. The first-order chi connectivity index (χ1) is 21.3. The molecule has 235 valence electrons. The first-order valence-electron chi connectivity index (χ1n) is 14.1. The summed E-state index contributed by atoms with van der Waals surface area (Å²) < 4.78 is 76.7. The topological polar surface area (TPSA) is 87.6 Å². The number of aryl methyl sites for hydroxylation is 1. The zero-order valence-corrected chi connectivity index (χ0v) is 24.2. The lowest BCUT2D eigenvalue weighted by atomic mass is 9.95. The Bertz CT molecular complexity index is 1630. The Morgan fingerprint density at radius 3 is 2.09 bits per heavy atom. The maximum Gasteiger partial charge on any atom is 0.426 e. The first-order valence-corrected chi connectivity index (χ1v) is 14.1. The van der Waals surface area contributed by atoms with Gasteiger partial charge in [0.25, 0.3) is 0 Å². The quantitative estimate of drug-likeness (QED) is 0.0541. The minimum atomic E-state index is -4.20. The standard InChI is InChI=1S/C35H32F5N2O3/c1-23-20-28(41)12-16-31(23)32-17-13-29(42)21-26(32)22-44-33(43)18-9-25-7-14-30(15-8-25)45-35(39,40)27-10-5-24(6-11-27)4-2-3-19-34(36,37)38/h5-18,20-21H,1-4,19,22,41-42H2/b18-9+. The van der Waals surface area contributed by atoms with E-state index < -0.39 is 24.7 Å². The number of halogens is 5. The zero-order valence-electron chi connectivity index (χ0n) is 24.2. The van der Waals surface area contributed by atoms with Crippen molar-refractivity contribution in [1.82, 2.24) is 0 Å². The van der Waals surface area contributed by atoms with Crippen molar-refractivity contribution in [1.29, 1.82) is 0 Å². The van der Waals surface area contributed by atoms with E-state index in [9.17, 15) is 26.7 Å². The minimum Gasteiger partial charge on any atom is -0.458 e. The molecule has 4 N–H and O–H groups in total. The highest BCUT2D eigenvalue weighted by Crippen LogP contribution is 2.33. The number of benzene rings is 4. The molecule has 10 heteroatoms. The molecule has 0 heterocycles. The van der Waals surface area contributed by atoms with E-state index in [0.717, 1.165) is 11.1 Å². The van der Waals surface area contributed by atoms with E-state index in [-0.39, 0.29) is 24.3 Å². The molecule has 4 rings (SSSR count). The summed E-state index contributed by atoms with van der Waals surface area (Å²) in [5.74, 6) is -0.719. The van der Waals surface area contributed by atoms with Crippen LogP contribution in [0.15, 0.2) is 91.0 Å². The van der Waals surface area contributed by atoms with Crippen molar-refractivity contribution in [3.05, 3.63) is 126 Å². The number of rotatable bonds is 12. The average Bonchev–Trinajstić information content (AvgIpc) is 2.98. The van der Waals surface area contributed by atoms with E-state index >= 15 is 0 Å². The fraction of sp³-hybridized carbons (Fsp3) is 0.200. The van der Waals surface area contributed by atoms with Gasteiger partial charge in [0.05, 0.1) is 5.56 Å². The Kier molecular flexibility index (Phi) is 10.5. The van der Waals surface area contributed by atoms with Crippen LogP contribution >= 0.6 is 0 Å². The normalized spacial score (nSPS) is 12.0. The highest BCUT2D eigenvalue weighted by Gasteiger charge is 2.34. The van der Waals surface area contributed by atoms with Gasteiger partial charge in [0, 0.05) is 23.9 Å². The molecule has 0 bridgehead atoms. The Morgan fingerprint density at radius 2 is 1.44 bits per heavy atom. The summed E-state index contributed by atoms with van der Waals surface area (Å²) in [6.45, 7) is 3.99. The third-order valence-corrected chi connectivity index (χ3v) is 6.92. The number of unbranched alkanes of at least 4 members (excludes halogenated alkanes) is 1. The van der Waals surface area contributed by atoms with E-state index in [1.165, 1.54) is 60.7 Å². The molecule has 5 nitrogen and oxygen atoms in total. The van der Waals surface area contributed by atoms with Crippen molar-refractivity contribution in [2.24, 2.45) is 0 Å². The third-order valence-electron chi connectivity index (χ3n) is 6.92. The molecule has 0 saturated carbocycles. The zero-order chi connectivity index (χ0) is 32.6. The van der Waals surface area contributed by atoms with Gasteiger partial charge < -0.3 is 20.9 Å². The number of nitrogens with two attached hydrogens (primary N) is 2. The van der Waals surface area contributed by atoms with Crippen molar-refractivity contribution >= 4 is 23.4 Å². The summed E-state index contributed by atoms with van der Waals surface area (Å²) in [6, 6.07) is 21.6. The van der Waals surface area contributed by atoms with Gasteiger partial charge in [-0.25, -0.2) is 4.79 Å². The number of carbonyl (C=O) groups excluding carboxylic acids is 1. The lowest BCUT2D eigenvalue weighted by molar-refractivity contribution is -0.185. The van der Waals surface area contributed by atoms with Crippen molar-refractivity contribution in [3.8, 4) is 16.9 Å². The predicted molar refractivity (Wildman–Crippen MR) is 165 cm³/mol. The summed E-state index contributed by atoms with van der Waals surface area (Å²) in [4.78, 5) is 12.4. The fourth-order valence-electron chi connectivity index (χ4n) is 4.61. The number of hydrogen-bond acceptors (Lipinski definition) is 5. The highest BCUT2D eigenvalue weighted by atomic mass is 19.4. The Morgan fingerprint density at radius 1 is 0.800 bits per heavy atom. The van der Waals surface area contributed by atoms with E-state index in [4.69, 9.17) is 20.9 Å². The number of hydrogen-bond donors (Lipinski definition) is 2. The summed E-state index contributed by atoms with van der Waals surface area (Å²) in [5.41, 5.74) is 16.7. The lowest BCUT2D eigenvalue weighted by Crippen LogP contribution is -2.21. The van der Waals surface area contributed by atoms with Gasteiger partial charge in [0.1, 0.15) is 12.4 Å². The molecular weight excluding hydrogens is 591 g/mol. The van der Waals surface area contributed by atoms with Crippen molar-refractivity contribution in [2.75, 3.05) is 11.5 Å². The molecule has 0 aliphatic rings. The van der Waals surface area contributed by atoms with Gasteiger partial charge in [-0.05, 0) is 114 Å². The van der Waals surface area contributed by atoms with Crippen LogP contribution in [0.1, 0.15) is 47.1 Å². The predicted octanol–water partition coefficient (Wildman–Crippen LogP) is 8.86. The van der Waals surface area contributed by atoms with Gasteiger partial charge in [-0.15, -0.1) is 0 Å². The first kappa shape index (κ1) is 33.0. The summed E-state index contributed by atoms with van der Waals surface area (Å²) in [7, 11) is 0. The van der Waals surface area contributed by atoms with Crippen LogP contribution in [0.25, 0.3) is 17.2 Å². The van der Waals surface area contributed by atoms with Crippen LogP contribution in [-0.2, 0) is 28.7 Å². The van der Waals surface area contributed by atoms with Crippen LogP contribution in [0, 0.1) is 6.92 Å². The Hall–Kier alpha value is -4.86. The van der Waals surface area contributed by atoms with Gasteiger partial charge in [0.2, 0.25) is 0 Å². The molecule has 0 saturated heterocycles. The molecule has 0 aliphatic heterocycles. The number of alkyl halides is 5. The van der Waals surface area contributed by atoms with Gasteiger partial charge in [-0.3, -0.25) is 0 Å². The SMILES string of the molecule is [CH2]c1cc(N)ccc1-c1ccc(N)cc1COC(=O)/C=C/c1ccc(OC(F)(F)c2ccc(CCCCC(F)(F)F)cc2)cc1. The second-order valence-electron chi connectivity index (χ2n) is 10.5. The van der Waals surface area contributed by atoms with E-state index in [1.54, 1.807) is 24.3 Å². The van der Waals surface area contributed by atoms with E-state index in [0.29, 0.717) is 46.5 Å². The summed E-state index contributed by atoms with van der Waals surface area (Å²) in [6.07, 6.45) is -5.39. The molecule has 0 aromatic heterocycles. The van der Waals surface area contributed by atoms with Crippen LogP contribution in [0.3, 0.4) is 0 Å². The van der Waals surface area contributed by atoms with Crippen LogP contribution in [-0.4, -0.2) is 12.1 Å². The summed E-state index contributed by atoms with van der Waals surface area (Å²) >= 11 is 0. The molecule has 4 aromatic carbocycles. The van der Waals surface area contributed by atoms with Crippen molar-refractivity contribution < 1.29 is 36.2 Å². The van der Waals surface area contributed by atoms with E-state index in [2.05, 4.69) is 6.92 Å². The molecule has 1 radical (unpaired) electrons.